The van der Waals surface area contributed by atoms with Gasteiger partial charge in [-0.2, -0.15) is 13.2 Å². The minimum Gasteiger partial charge on any atom is -0.312 e. The molecule has 6 heteroatoms. The molecule has 1 aromatic heterocycles. The first-order chi connectivity index (χ1) is 6.97. The summed E-state index contributed by atoms with van der Waals surface area (Å²) in [6, 6.07) is 3.64. The van der Waals surface area contributed by atoms with E-state index in [1.165, 1.54) is 11.3 Å². The van der Waals surface area contributed by atoms with Crippen LogP contribution in [0.1, 0.15) is 17.7 Å². The van der Waals surface area contributed by atoms with E-state index in [1.807, 2.05) is 6.07 Å². The van der Waals surface area contributed by atoms with E-state index >= 15 is 0 Å². The molecule has 0 spiro atoms. The highest BCUT2D eigenvalue weighted by atomic mass is 35.5. The summed E-state index contributed by atoms with van der Waals surface area (Å²) in [6.45, 7) is 0.949. The number of thiophene rings is 1. The van der Waals surface area contributed by atoms with Crippen LogP contribution in [0.15, 0.2) is 12.1 Å². The van der Waals surface area contributed by atoms with E-state index in [9.17, 15) is 13.2 Å². The van der Waals surface area contributed by atoms with Gasteiger partial charge in [0.05, 0.1) is 4.34 Å². The summed E-state index contributed by atoms with van der Waals surface area (Å²) in [5.74, 6) is 0. The first kappa shape index (κ1) is 12.8. The average Bonchev–Trinajstić information content (AvgIpc) is 2.49. The van der Waals surface area contributed by atoms with Crippen molar-refractivity contribution < 1.29 is 13.2 Å². The summed E-state index contributed by atoms with van der Waals surface area (Å²) in [7, 11) is 0. The van der Waals surface area contributed by atoms with E-state index < -0.39 is 12.6 Å². The number of rotatable bonds is 5. The van der Waals surface area contributed by atoms with Crippen LogP contribution in [0.4, 0.5) is 13.2 Å². The second kappa shape index (κ2) is 5.72. The monoisotopic (exact) mass is 257 g/mol. The van der Waals surface area contributed by atoms with Crippen molar-refractivity contribution in [3.05, 3.63) is 21.3 Å². The Morgan fingerprint density at radius 1 is 1.33 bits per heavy atom. The van der Waals surface area contributed by atoms with Crippen molar-refractivity contribution >= 4 is 22.9 Å². The predicted octanol–water partition coefficient (Wildman–Crippen LogP) is 3.83. The van der Waals surface area contributed by atoms with Crippen molar-refractivity contribution in [2.24, 2.45) is 0 Å². The lowest BCUT2D eigenvalue weighted by Crippen LogP contribution is -2.17. The van der Waals surface area contributed by atoms with Gasteiger partial charge in [-0.1, -0.05) is 11.6 Å². The smallest absolute Gasteiger partial charge is 0.312 e. The minimum atomic E-state index is -4.05. The topological polar surface area (TPSA) is 12.0 Å². The quantitative estimate of drug-likeness (QED) is 0.791. The lowest BCUT2D eigenvalue weighted by atomic mass is 10.3. The number of nitrogens with one attached hydrogen (secondary N) is 1. The van der Waals surface area contributed by atoms with Gasteiger partial charge in [0, 0.05) is 17.8 Å². The molecule has 0 aliphatic heterocycles. The summed E-state index contributed by atoms with van der Waals surface area (Å²) in [6.07, 6.45) is -4.66. The average molecular weight is 258 g/mol. The van der Waals surface area contributed by atoms with Gasteiger partial charge in [-0.15, -0.1) is 11.3 Å². The molecule has 0 fully saturated rings. The van der Waals surface area contributed by atoms with E-state index in [2.05, 4.69) is 5.32 Å². The normalized spacial score (nSPS) is 12.0. The molecule has 0 aliphatic carbocycles. The van der Waals surface area contributed by atoms with E-state index in [1.54, 1.807) is 6.07 Å². The number of hydrogen-bond donors (Lipinski definition) is 1. The molecule has 0 radical (unpaired) electrons. The van der Waals surface area contributed by atoms with Crippen molar-refractivity contribution in [2.75, 3.05) is 6.54 Å². The fraction of sp³-hybridized carbons (Fsp3) is 0.556. The summed E-state index contributed by atoms with van der Waals surface area (Å²) in [5, 5.41) is 2.94. The summed E-state index contributed by atoms with van der Waals surface area (Å²) in [5.41, 5.74) is 0. The molecule has 0 aromatic carbocycles. The van der Waals surface area contributed by atoms with Crippen LogP contribution in [-0.2, 0) is 6.54 Å². The van der Waals surface area contributed by atoms with Crippen LogP contribution in [0.5, 0.6) is 0 Å². The molecule has 0 aliphatic rings. The van der Waals surface area contributed by atoms with Crippen LogP contribution in [0.3, 0.4) is 0 Å². The Bertz CT molecular complexity index is 298. The van der Waals surface area contributed by atoms with Gasteiger partial charge in [-0.3, -0.25) is 0 Å². The standard InChI is InChI=1S/C9H11ClF3NS/c10-8-3-2-7(15-8)6-14-5-1-4-9(11,12)13/h2-3,14H,1,4-6H2. The first-order valence-electron chi connectivity index (χ1n) is 4.49. The Kier molecular flexibility index (Phi) is 4.89. The maximum Gasteiger partial charge on any atom is 0.389 e. The van der Waals surface area contributed by atoms with Gasteiger partial charge in [0.1, 0.15) is 0 Å². The summed E-state index contributed by atoms with van der Waals surface area (Å²) in [4.78, 5) is 1.03. The molecule has 0 atom stereocenters. The van der Waals surface area contributed by atoms with Gasteiger partial charge in [-0.25, -0.2) is 0 Å². The highest BCUT2D eigenvalue weighted by Crippen LogP contribution is 2.22. The Morgan fingerprint density at radius 3 is 2.60 bits per heavy atom. The predicted molar refractivity (Wildman–Crippen MR) is 56.3 cm³/mol. The molecule has 0 amide bonds. The molecule has 15 heavy (non-hydrogen) atoms. The Morgan fingerprint density at radius 2 is 2.07 bits per heavy atom. The zero-order chi connectivity index (χ0) is 11.3. The maximum atomic E-state index is 11.8. The van der Waals surface area contributed by atoms with Crippen molar-refractivity contribution in [1.82, 2.24) is 5.32 Å². The molecule has 86 valence electrons. The molecule has 1 N–H and O–H groups in total. The van der Waals surface area contributed by atoms with Gasteiger partial charge in [-0.05, 0) is 25.1 Å². The van der Waals surface area contributed by atoms with Gasteiger partial charge >= 0.3 is 6.18 Å². The Labute approximate surface area is 95.2 Å². The van der Waals surface area contributed by atoms with Gasteiger partial charge < -0.3 is 5.32 Å². The molecular weight excluding hydrogens is 247 g/mol. The molecule has 1 nitrogen and oxygen atoms in total. The van der Waals surface area contributed by atoms with Gasteiger partial charge in [0.25, 0.3) is 0 Å². The molecule has 0 bridgehead atoms. The van der Waals surface area contributed by atoms with Crippen LogP contribution in [0.25, 0.3) is 0 Å². The van der Waals surface area contributed by atoms with Crippen LogP contribution in [-0.4, -0.2) is 12.7 Å². The minimum absolute atomic E-state index is 0.114. The third-order valence-electron chi connectivity index (χ3n) is 1.74. The number of alkyl halides is 3. The molecule has 0 saturated heterocycles. The second-order valence-corrected chi connectivity index (χ2v) is 4.90. The SMILES string of the molecule is FC(F)(F)CCCNCc1ccc(Cl)s1. The largest absolute Gasteiger partial charge is 0.389 e. The molecule has 0 unspecified atom stereocenters. The van der Waals surface area contributed by atoms with E-state index in [4.69, 9.17) is 11.6 Å². The van der Waals surface area contributed by atoms with Gasteiger partial charge in [0.15, 0.2) is 0 Å². The van der Waals surface area contributed by atoms with Crippen LogP contribution in [0, 0.1) is 0 Å². The van der Waals surface area contributed by atoms with Crippen LogP contribution < -0.4 is 5.32 Å². The summed E-state index contributed by atoms with van der Waals surface area (Å²) >= 11 is 7.13. The molecular formula is C9H11ClF3NS. The lowest BCUT2D eigenvalue weighted by Gasteiger charge is -2.06. The molecule has 1 heterocycles. The zero-order valence-corrected chi connectivity index (χ0v) is 9.48. The fourth-order valence-electron chi connectivity index (χ4n) is 1.07. The van der Waals surface area contributed by atoms with Gasteiger partial charge in [0.2, 0.25) is 0 Å². The number of hydrogen-bond acceptors (Lipinski definition) is 2. The zero-order valence-electron chi connectivity index (χ0n) is 7.90. The van der Waals surface area contributed by atoms with Crippen LogP contribution >= 0.6 is 22.9 Å². The Hall–Kier alpha value is -0.260. The van der Waals surface area contributed by atoms with Crippen molar-refractivity contribution in [3.8, 4) is 0 Å². The van der Waals surface area contributed by atoms with Crippen molar-refractivity contribution in [1.29, 1.82) is 0 Å². The molecule has 1 aromatic rings. The summed E-state index contributed by atoms with van der Waals surface area (Å²) < 4.78 is 36.0. The molecule has 1 rings (SSSR count). The van der Waals surface area contributed by atoms with Crippen molar-refractivity contribution in [3.63, 3.8) is 0 Å². The first-order valence-corrected chi connectivity index (χ1v) is 5.68. The van der Waals surface area contributed by atoms with E-state index in [0.29, 0.717) is 17.4 Å². The highest BCUT2D eigenvalue weighted by Gasteiger charge is 2.25. The van der Waals surface area contributed by atoms with E-state index in [0.717, 1.165) is 4.88 Å². The fourth-order valence-corrected chi connectivity index (χ4v) is 2.13. The van der Waals surface area contributed by atoms with E-state index in [-0.39, 0.29) is 6.42 Å². The molecule has 0 saturated carbocycles. The highest BCUT2D eigenvalue weighted by molar-refractivity contribution is 7.16. The number of halogens is 4. The Balaban J connectivity index is 2.07. The van der Waals surface area contributed by atoms with Crippen LogP contribution in [0.2, 0.25) is 4.34 Å². The van der Waals surface area contributed by atoms with Crippen molar-refractivity contribution in [2.45, 2.75) is 25.6 Å². The lowest BCUT2D eigenvalue weighted by molar-refractivity contribution is -0.135. The maximum absolute atomic E-state index is 11.8. The third kappa shape index (κ3) is 6.02. The second-order valence-electron chi connectivity index (χ2n) is 3.10. The third-order valence-corrected chi connectivity index (χ3v) is 2.97.